The van der Waals surface area contributed by atoms with E-state index in [1.165, 1.54) is 0 Å². The predicted octanol–water partition coefficient (Wildman–Crippen LogP) is 3.86. The molecule has 2 heterocycles. The summed E-state index contributed by atoms with van der Waals surface area (Å²) in [5.74, 6) is 0. The number of fused-ring (bicyclic) bond motifs is 1. The molecule has 0 aliphatic heterocycles. The van der Waals surface area contributed by atoms with Crippen molar-refractivity contribution in [3.05, 3.63) is 64.0 Å². The molecule has 2 aromatic heterocycles. The van der Waals surface area contributed by atoms with Crippen molar-refractivity contribution in [3.8, 4) is 0 Å². The van der Waals surface area contributed by atoms with Gasteiger partial charge < -0.3 is 5.11 Å². The number of rotatable bonds is 2. The molecule has 1 aromatic carbocycles. The van der Waals surface area contributed by atoms with Crippen LogP contribution in [-0.4, -0.2) is 10.1 Å². The van der Waals surface area contributed by atoms with E-state index in [2.05, 4.69) is 4.98 Å². The van der Waals surface area contributed by atoms with Gasteiger partial charge in [0.05, 0.1) is 5.52 Å². The fourth-order valence-corrected chi connectivity index (χ4v) is 3.49. The summed E-state index contributed by atoms with van der Waals surface area (Å²) in [5.41, 5.74) is 1.83. The highest BCUT2D eigenvalue weighted by Gasteiger charge is 2.30. The van der Waals surface area contributed by atoms with E-state index in [0.29, 0.717) is 0 Å². The van der Waals surface area contributed by atoms with Crippen LogP contribution in [0.15, 0.2) is 48.0 Å². The zero-order valence-corrected chi connectivity index (χ0v) is 11.7. The molecule has 0 fully saturated rings. The topological polar surface area (TPSA) is 33.1 Å². The quantitative estimate of drug-likeness (QED) is 0.766. The maximum absolute atomic E-state index is 11.0. The lowest BCUT2D eigenvalue weighted by atomic mass is 9.90. The second-order valence-corrected chi connectivity index (χ2v) is 5.80. The molecule has 3 rings (SSSR count). The molecule has 0 radical (unpaired) electrons. The number of nitrogens with zero attached hydrogens (tertiary/aromatic N) is 1. The van der Waals surface area contributed by atoms with E-state index < -0.39 is 5.60 Å². The smallest absolute Gasteiger partial charge is 0.123 e. The van der Waals surface area contributed by atoms with Gasteiger partial charge in [-0.1, -0.05) is 24.3 Å². The fraction of sp³-hybridized carbons (Fsp3) is 0.188. The molecule has 0 amide bonds. The lowest BCUT2D eigenvalue weighted by molar-refractivity contribution is 0.107. The van der Waals surface area contributed by atoms with Crippen LogP contribution in [0.2, 0.25) is 0 Å². The Labute approximate surface area is 116 Å². The van der Waals surface area contributed by atoms with Gasteiger partial charge in [0.1, 0.15) is 5.60 Å². The van der Waals surface area contributed by atoms with E-state index in [0.717, 1.165) is 26.9 Å². The number of benzene rings is 1. The molecule has 0 spiro atoms. The van der Waals surface area contributed by atoms with Crippen molar-refractivity contribution in [2.24, 2.45) is 0 Å². The Morgan fingerprint density at radius 3 is 2.68 bits per heavy atom. The molecule has 1 unspecified atom stereocenters. The van der Waals surface area contributed by atoms with Gasteiger partial charge in [0, 0.05) is 22.0 Å². The number of aromatic nitrogens is 1. The monoisotopic (exact) mass is 269 g/mol. The van der Waals surface area contributed by atoms with Crippen LogP contribution in [0.1, 0.15) is 22.9 Å². The van der Waals surface area contributed by atoms with Crippen LogP contribution in [0.25, 0.3) is 10.9 Å². The van der Waals surface area contributed by atoms with Crippen molar-refractivity contribution in [2.75, 3.05) is 0 Å². The number of para-hydroxylation sites is 1. The van der Waals surface area contributed by atoms with Crippen molar-refractivity contribution in [3.63, 3.8) is 0 Å². The van der Waals surface area contributed by atoms with Crippen LogP contribution in [0.3, 0.4) is 0 Å². The van der Waals surface area contributed by atoms with Gasteiger partial charge in [-0.3, -0.25) is 4.98 Å². The van der Waals surface area contributed by atoms with Crippen LogP contribution in [0.4, 0.5) is 0 Å². The third-order valence-corrected chi connectivity index (χ3v) is 4.69. The molecule has 1 N–H and O–H groups in total. The molecule has 0 bridgehead atoms. The van der Waals surface area contributed by atoms with Gasteiger partial charge in [-0.15, -0.1) is 11.3 Å². The van der Waals surface area contributed by atoms with Crippen LogP contribution in [0.5, 0.6) is 0 Å². The molecule has 3 heteroatoms. The minimum absolute atomic E-state index is 0.858. The lowest BCUT2D eigenvalue weighted by Crippen LogP contribution is -2.23. The molecule has 1 atom stereocenters. The highest BCUT2D eigenvalue weighted by atomic mass is 32.1. The number of hydrogen-bond donors (Lipinski definition) is 1. The van der Waals surface area contributed by atoms with Gasteiger partial charge in [0.15, 0.2) is 0 Å². The van der Waals surface area contributed by atoms with E-state index in [1.54, 1.807) is 17.5 Å². The summed E-state index contributed by atoms with van der Waals surface area (Å²) in [7, 11) is 0. The summed E-state index contributed by atoms with van der Waals surface area (Å²) < 4.78 is 0. The molecule has 0 aliphatic rings. The predicted molar refractivity (Wildman–Crippen MR) is 79.5 cm³/mol. The van der Waals surface area contributed by atoms with Crippen molar-refractivity contribution in [2.45, 2.75) is 19.4 Å². The fourth-order valence-electron chi connectivity index (χ4n) is 2.49. The van der Waals surface area contributed by atoms with Crippen molar-refractivity contribution in [1.82, 2.24) is 4.98 Å². The summed E-state index contributed by atoms with van der Waals surface area (Å²) in [4.78, 5) is 5.41. The number of thiophene rings is 1. The largest absolute Gasteiger partial charge is 0.380 e. The summed E-state index contributed by atoms with van der Waals surface area (Å²) in [6.45, 7) is 3.87. The Bertz CT molecular complexity index is 725. The molecule has 3 aromatic rings. The lowest BCUT2D eigenvalue weighted by Gasteiger charge is -2.24. The third-order valence-electron chi connectivity index (χ3n) is 3.46. The highest BCUT2D eigenvalue weighted by Crippen LogP contribution is 2.37. The van der Waals surface area contributed by atoms with Crippen LogP contribution in [-0.2, 0) is 5.60 Å². The summed E-state index contributed by atoms with van der Waals surface area (Å²) >= 11 is 1.58. The van der Waals surface area contributed by atoms with Crippen LogP contribution in [0, 0.1) is 6.92 Å². The highest BCUT2D eigenvalue weighted by molar-refractivity contribution is 7.10. The molecule has 0 saturated heterocycles. The van der Waals surface area contributed by atoms with Gasteiger partial charge >= 0.3 is 0 Å². The van der Waals surface area contributed by atoms with Crippen molar-refractivity contribution >= 4 is 22.2 Å². The third kappa shape index (κ3) is 1.95. The van der Waals surface area contributed by atoms with E-state index in [4.69, 9.17) is 0 Å². The normalized spacial score (nSPS) is 14.5. The second-order valence-electron chi connectivity index (χ2n) is 4.89. The van der Waals surface area contributed by atoms with Gasteiger partial charge in [0.2, 0.25) is 0 Å². The molecule has 96 valence electrons. The maximum Gasteiger partial charge on any atom is 0.123 e. The first kappa shape index (κ1) is 12.3. The second kappa shape index (κ2) is 4.44. The van der Waals surface area contributed by atoms with E-state index in [1.807, 2.05) is 55.6 Å². The Balaban J connectivity index is 2.27. The van der Waals surface area contributed by atoms with Crippen molar-refractivity contribution in [1.29, 1.82) is 0 Å². The van der Waals surface area contributed by atoms with Crippen LogP contribution < -0.4 is 0 Å². The Morgan fingerprint density at radius 2 is 1.95 bits per heavy atom. The first-order valence-corrected chi connectivity index (χ1v) is 7.10. The Kier molecular flexibility index (Phi) is 2.88. The Hall–Kier alpha value is -1.71. The zero-order valence-electron chi connectivity index (χ0n) is 10.9. The summed E-state index contributed by atoms with van der Waals surface area (Å²) in [5, 5.41) is 14.1. The maximum atomic E-state index is 11.0. The minimum Gasteiger partial charge on any atom is -0.380 e. The van der Waals surface area contributed by atoms with Crippen molar-refractivity contribution < 1.29 is 5.11 Å². The molecular formula is C16H15NOS. The zero-order chi connectivity index (χ0) is 13.5. The SMILES string of the molecule is Cc1ccsc1C(C)(O)c1cccc2cccnc12. The standard InChI is InChI=1S/C16H15NOS/c1-11-8-10-19-15(11)16(2,18)13-7-3-5-12-6-4-9-17-14(12)13/h3-10,18H,1-2H3. The van der Waals surface area contributed by atoms with Gasteiger partial charge in [-0.2, -0.15) is 0 Å². The summed E-state index contributed by atoms with van der Waals surface area (Å²) in [6.07, 6.45) is 1.77. The molecule has 0 aliphatic carbocycles. The molecule has 19 heavy (non-hydrogen) atoms. The average Bonchev–Trinajstić information content (AvgIpc) is 2.85. The molecule has 0 saturated carbocycles. The number of pyridine rings is 1. The number of hydrogen-bond acceptors (Lipinski definition) is 3. The minimum atomic E-state index is -1.01. The van der Waals surface area contributed by atoms with E-state index in [-0.39, 0.29) is 0 Å². The number of aryl methyl sites for hydroxylation is 1. The number of aliphatic hydroxyl groups is 1. The molecular weight excluding hydrogens is 254 g/mol. The first-order chi connectivity index (χ1) is 9.10. The Morgan fingerprint density at radius 1 is 1.16 bits per heavy atom. The van der Waals surface area contributed by atoms with Gasteiger partial charge in [0.25, 0.3) is 0 Å². The van der Waals surface area contributed by atoms with E-state index >= 15 is 0 Å². The van der Waals surface area contributed by atoms with Gasteiger partial charge in [-0.25, -0.2) is 0 Å². The average molecular weight is 269 g/mol. The first-order valence-electron chi connectivity index (χ1n) is 6.22. The van der Waals surface area contributed by atoms with Crippen LogP contribution >= 0.6 is 11.3 Å². The van der Waals surface area contributed by atoms with Gasteiger partial charge in [-0.05, 0) is 36.9 Å². The molecule has 2 nitrogen and oxygen atoms in total. The summed E-state index contributed by atoms with van der Waals surface area (Å²) in [6, 6.07) is 11.9. The van der Waals surface area contributed by atoms with E-state index in [9.17, 15) is 5.11 Å².